The molecule has 0 fully saturated rings. The number of nitrogens with zero attached hydrogens (tertiary/aromatic N) is 2. The second-order valence-corrected chi connectivity index (χ2v) is 7.79. The summed E-state index contributed by atoms with van der Waals surface area (Å²) in [5.74, 6) is 0.637. The molecule has 162 valence electrons. The van der Waals surface area contributed by atoms with Crippen molar-refractivity contribution in [2.75, 3.05) is 32.2 Å². The number of anilines is 1. The molecule has 6 heteroatoms. The van der Waals surface area contributed by atoms with Crippen molar-refractivity contribution in [1.29, 1.82) is 0 Å². The van der Waals surface area contributed by atoms with Crippen LogP contribution in [0.25, 0.3) is 5.57 Å². The molecule has 0 radical (unpaired) electrons. The summed E-state index contributed by atoms with van der Waals surface area (Å²) in [7, 11) is 3.14. The van der Waals surface area contributed by atoms with Crippen molar-refractivity contribution in [2.24, 2.45) is 0 Å². The Balaban J connectivity index is 1.88. The van der Waals surface area contributed by atoms with Crippen LogP contribution >= 0.6 is 0 Å². The first-order valence-electron chi connectivity index (χ1n) is 10.8. The molecule has 6 nitrogen and oxygen atoms in total. The topological polar surface area (TPSA) is 59.1 Å². The molecular formula is C25H28N2O4. The molecule has 0 unspecified atom stereocenters. The number of carbonyl (C=O) groups is 2. The van der Waals surface area contributed by atoms with E-state index in [4.69, 9.17) is 9.47 Å². The number of benzene rings is 2. The van der Waals surface area contributed by atoms with Crippen LogP contribution in [-0.4, -0.2) is 44.0 Å². The average molecular weight is 421 g/mol. The van der Waals surface area contributed by atoms with E-state index in [0.29, 0.717) is 41.4 Å². The molecule has 2 aromatic carbocycles. The maximum absolute atomic E-state index is 13.5. The second kappa shape index (κ2) is 8.84. The van der Waals surface area contributed by atoms with E-state index in [0.717, 1.165) is 31.4 Å². The number of imide groups is 1. The number of rotatable bonds is 7. The molecule has 2 amide bonds. The smallest absolute Gasteiger partial charge is 0.278 e. The Morgan fingerprint density at radius 1 is 0.968 bits per heavy atom. The number of methoxy groups -OCH3 is 2. The summed E-state index contributed by atoms with van der Waals surface area (Å²) in [5.41, 5.74) is 3.74. The van der Waals surface area contributed by atoms with E-state index in [1.807, 2.05) is 29.2 Å². The van der Waals surface area contributed by atoms with Gasteiger partial charge in [-0.15, -0.1) is 0 Å². The molecule has 0 aliphatic carbocycles. The van der Waals surface area contributed by atoms with Crippen LogP contribution < -0.4 is 14.4 Å². The third-order valence-electron chi connectivity index (χ3n) is 5.93. The Morgan fingerprint density at radius 3 is 2.48 bits per heavy atom. The van der Waals surface area contributed by atoms with Crippen molar-refractivity contribution >= 4 is 23.1 Å². The highest BCUT2D eigenvalue weighted by atomic mass is 16.5. The van der Waals surface area contributed by atoms with Crippen LogP contribution in [-0.2, 0) is 16.0 Å². The Labute approximate surface area is 183 Å². The van der Waals surface area contributed by atoms with Crippen molar-refractivity contribution in [3.8, 4) is 11.5 Å². The van der Waals surface area contributed by atoms with Crippen LogP contribution in [0.2, 0.25) is 0 Å². The SMILES string of the molecule is CCCCN1C(=O)C(c2ccc(OC)c(OC)c2)=C(N2CCCc3ccccc32)C1=O. The fraction of sp³-hybridized carbons (Fsp3) is 0.360. The molecule has 31 heavy (non-hydrogen) atoms. The summed E-state index contributed by atoms with van der Waals surface area (Å²) >= 11 is 0. The van der Waals surface area contributed by atoms with Gasteiger partial charge in [0.1, 0.15) is 5.70 Å². The molecule has 0 atom stereocenters. The summed E-state index contributed by atoms with van der Waals surface area (Å²) in [6.07, 6.45) is 3.58. The van der Waals surface area contributed by atoms with Gasteiger partial charge in [0.15, 0.2) is 11.5 Å². The molecular weight excluding hydrogens is 392 g/mol. The number of para-hydroxylation sites is 1. The number of amides is 2. The first kappa shape index (κ1) is 21.0. The lowest BCUT2D eigenvalue weighted by Crippen LogP contribution is -2.37. The molecule has 4 rings (SSSR count). The van der Waals surface area contributed by atoms with Crippen molar-refractivity contribution < 1.29 is 19.1 Å². The number of fused-ring (bicyclic) bond motifs is 1. The Morgan fingerprint density at radius 2 is 1.74 bits per heavy atom. The molecule has 2 aliphatic heterocycles. The number of hydrogen-bond donors (Lipinski definition) is 0. The molecule has 2 aliphatic rings. The highest BCUT2D eigenvalue weighted by molar-refractivity contribution is 6.36. The first-order chi connectivity index (χ1) is 15.1. The number of carbonyl (C=O) groups excluding carboxylic acids is 2. The van der Waals surface area contributed by atoms with Gasteiger partial charge in [-0.05, 0) is 48.6 Å². The van der Waals surface area contributed by atoms with E-state index in [2.05, 4.69) is 13.0 Å². The fourth-order valence-corrected chi connectivity index (χ4v) is 4.35. The van der Waals surface area contributed by atoms with Crippen molar-refractivity contribution in [1.82, 2.24) is 4.90 Å². The van der Waals surface area contributed by atoms with Crippen LogP contribution in [0.4, 0.5) is 5.69 Å². The average Bonchev–Trinajstić information content (AvgIpc) is 3.06. The monoisotopic (exact) mass is 420 g/mol. The third-order valence-corrected chi connectivity index (χ3v) is 5.93. The summed E-state index contributed by atoms with van der Waals surface area (Å²) in [6.45, 7) is 3.17. The molecule has 0 aromatic heterocycles. The van der Waals surface area contributed by atoms with Crippen molar-refractivity contribution in [3.05, 3.63) is 59.3 Å². The van der Waals surface area contributed by atoms with E-state index < -0.39 is 0 Å². The van der Waals surface area contributed by atoms with Gasteiger partial charge < -0.3 is 14.4 Å². The molecule has 2 aromatic rings. The Hall–Kier alpha value is -3.28. The van der Waals surface area contributed by atoms with Gasteiger partial charge in [-0.2, -0.15) is 0 Å². The van der Waals surface area contributed by atoms with E-state index in [1.54, 1.807) is 26.4 Å². The minimum absolute atomic E-state index is 0.222. The maximum Gasteiger partial charge on any atom is 0.278 e. The van der Waals surface area contributed by atoms with Gasteiger partial charge in [-0.3, -0.25) is 14.5 Å². The van der Waals surface area contributed by atoms with E-state index >= 15 is 0 Å². The molecule has 0 saturated heterocycles. The largest absolute Gasteiger partial charge is 0.493 e. The maximum atomic E-state index is 13.5. The lowest BCUT2D eigenvalue weighted by Gasteiger charge is -2.32. The number of aryl methyl sites for hydroxylation is 1. The predicted octanol–water partition coefficient (Wildman–Crippen LogP) is 4.04. The van der Waals surface area contributed by atoms with Crippen LogP contribution in [0, 0.1) is 0 Å². The summed E-state index contributed by atoms with van der Waals surface area (Å²) in [6, 6.07) is 13.5. The molecule has 0 spiro atoms. The van der Waals surface area contributed by atoms with Crippen LogP contribution in [0.15, 0.2) is 48.2 Å². The standard InChI is InChI=1S/C25H28N2O4/c1-4-5-14-27-24(28)22(18-12-13-20(30-2)21(16-18)31-3)23(25(27)29)26-15-8-10-17-9-6-7-11-19(17)26/h6-7,9,11-13,16H,4-5,8,10,14-15H2,1-3H3. The Bertz CT molecular complexity index is 1040. The summed E-state index contributed by atoms with van der Waals surface area (Å²) < 4.78 is 10.8. The van der Waals surface area contributed by atoms with Crippen LogP contribution in [0.5, 0.6) is 11.5 Å². The minimum atomic E-state index is -0.247. The van der Waals surface area contributed by atoms with Gasteiger partial charge in [0.2, 0.25) is 0 Å². The lowest BCUT2D eigenvalue weighted by atomic mass is 9.98. The van der Waals surface area contributed by atoms with Crippen LogP contribution in [0.1, 0.15) is 37.3 Å². The van der Waals surface area contributed by atoms with E-state index in [-0.39, 0.29) is 11.8 Å². The second-order valence-electron chi connectivity index (χ2n) is 7.79. The normalized spacial score (nSPS) is 16.1. The van der Waals surface area contributed by atoms with E-state index in [9.17, 15) is 9.59 Å². The number of unbranched alkanes of at least 4 members (excludes halogenated alkanes) is 1. The summed E-state index contributed by atoms with van der Waals surface area (Å²) in [4.78, 5) is 30.4. The van der Waals surface area contributed by atoms with Gasteiger partial charge in [-0.1, -0.05) is 37.6 Å². The van der Waals surface area contributed by atoms with Crippen molar-refractivity contribution in [3.63, 3.8) is 0 Å². The van der Waals surface area contributed by atoms with E-state index in [1.165, 1.54) is 10.5 Å². The fourth-order valence-electron chi connectivity index (χ4n) is 4.35. The zero-order chi connectivity index (χ0) is 22.0. The van der Waals surface area contributed by atoms with Gasteiger partial charge in [0.05, 0.1) is 19.8 Å². The predicted molar refractivity (Wildman–Crippen MR) is 120 cm³/mol. The third kappa shape index (κ3) is 3.67. The van der Waals surface area contributed by atoms with Gasteiger partial charge in [0, 0.05) is 18.8 Å². The zero-order valence-electron chi connectivity index (χ0n) is 18.3. The zero-order valence-corrected chi connectivity index (χ0v) is 18.3. The minimum Gasteiger partial charge on any atom is -0.493 e. The number of ether oxygens (including phenoxy) is 2. The molecule has 0 bridgehead atoms. The molecule has 0 N–H and O–H groups in total. The quantitative estimate of drug-likeness (QED) is 0.633. The van der Waals surface area contributed by atoms with Gasteiger partial charge in [-0.25, -0.2) is 0 Å². The Kier molecular flexibility index (Phi) is 5.98. The first-order valence-corrected chi connectivity index (χ1v) is 10.8. The summed E-state index contributed by atoms with van der Waals surface area (Å²) in [5, 5.41) is 0. The molecule has 0 saturated carbocycles. The van der Waals surface area contributed by atoms with Gasteiger partial charge in [0.25, 0.3) is 11.8 Å². The lowest BCUT2D eigenvalue weighted by molar-refractivity contribution is -0.136. The number of hydrogen-bond acceptors (Lipinski definition) is 5. The van der Waals surface area contributed by atoms with Crippen molar-refractivity contribution in [2.45, 2.75) is 32.6 Å². The van der Waals surface area contributed by atoms with Crippen LogP contribution in [0.3, 0.4) is 0 Å². The molecule has 2 heterocycles. The highest BCUT2D eigenvalue weighted by Crippen LogP contribution is 2.40. The van der Waals surface area contributed by atoms with Gasteiger partial charge >= 0.3 is 0 Å². The highest BCUT2D eigenvalue weighted by Gasteiger charge is 2.42.